The second-order valence-corrected chi connectivity index (χ2v) is 7.38. The highest BCUT2D eigenvalue weighted by Gasteiger charge is 2.45. The number of carbonyl (C=O) groups excluding carboxylic acids is 1. The van der Waals surface area contributed by atoms with Crippen molar-refractivity contribution in [3.05, 3.63) is 30.1 Å². The zero-order valence-corrected chi connectivity index (χ0v) is 17.5. The number of hydrogen-bond donors (Lipinski definition) is 1. The standard InChI is InChI=1S/C18H27N3O3.C2HF3O2/c1-3-24-13-18(22)21-8-6-17(23-2)15-11-20(12-16(15)21)10-14-5-4-7-19-9-14;3-2(4,5)1(6)7/h4-5,7,9,15-17H,3,6,8,10-13H2,1-2H3;(H,6,7)/t15-,16+,17-;/m0./s1. The summed E-state index contributed by atoms with van der Waals surface area (Å²) in [7, 11) is 1.78. The number of nitrogens with zero attached hydrogens (tertiary/aromatic N) is 3. The van der Waals surface area contributed by atoms with Gasteiger partial charge in [-0.2, -0.15) is 13.2 Å². The molecule has 2 aliphatic heterocycles. The number of halogens is 3. The molecule has 1 aromatic heterocycles. The number of likely N-dealkylation sites (tertiary alicyclic amines) is 2. The maximum atomic E-state index is 12.5. The molecule has 0 bridgehead atoms. The highest BCUT2D eigenvalue weighted by atomic mass is 19.4. The van der Waals surface area contributed by atoms with E-state index in [1.807, 2.05) is 24.1 Å². The van der Waals surface area contributed by atoms with E-state index < -0.39 is 12.1 Å². The van der Waals surface area contributed by atoms with E-state index in [0.717, 1.165) is 32.6 Å². The molecule has 0 radical (unpaired) electrons. The Bertz CT molecular complexity index is 720. The summed E-state index contributed by atoms with van der Waals surface area (Å²) < 4.78 is 42.8. The Hall–Kier alpha value is -2.24. The quantitative estimate of drug-likeness (QED) is 0.711. The zero-order chi connectivity index (χ0) is 23.0. The second-order valence-electron chi connectivity index (χ2n) is 7.38. The first-order valence-electron chi connectivity index (χ1n) is 9.98. The predicted molar refractivity (Wildman–Crippen MR) is 104 cm³/mol. The lowest BCUT2D eigenvalue weighted by atomic mass is 9.89. The number of fused-ring (bicyclic) bond motifs is 1. The molecule has 1 aromatic rings. The van der Waals surface area contributed by atoms with E-state index in [1.54, 1.807) is 13.3 Å². The van der Waals surface area contributed by atoms with Gasteiger partial charge in [0, 0.05) is 58.2 Å². The Kier molecular flexibility index (Phi) is 9.20. The number of carboxylic acid groups (broad SMARTS) is 1. The Balaban J connectivity index is 0.000000423. The SMILES string of the molecule is CCOCC(=O)N1CC[C@H](OC)[C@H]2CN(Cc3cccnc3)C[C@H]21.O=C(O)C(F)(F)F. The monoisotopic (exact) mass is 447 g/mol. The number of ether oxygens (including phenoxy) is 2. The third-order valence-corrected chi connectivity index (χ3v) is 5.37. The van der Waals surface area contributed by atoms with Crippen molar-refractivity contribution in [2.45, 2.75) is 38.2 Å². The summed E-state index contributed by atoms with van der Waals surface area (Å²) in [6.45, 7) is 6.13. The minimum absolute atomic E-state index is 0.102. The fourth-order valence-corrected chi connectivity index (χ4v) is 3.99. The van der Waals surface area contributed by atoms with Gasteiger partial charge in [-0.1, -0.05) is 6.07 Å². The van der Waals surface area contributed by atoms with Crippen molar-refractivity contribution in [2.75, 3.05) is 40.0 Å². The second kappa shape index (κ2) is 11.4. The fraction of sp³-hybridized carbons (Fsp3) is 0.650. The van der Waals surface area contributed by atoms with E-state index in [4.69, 9.17) is 19.4 Å². The summed E-state index contributed by atoms with van der Waals surface area (Å²) >= 11 is 0. The molecule has 1 amide bonds. The maximum Gasteiger partial charge on any atom is 0.490 e. The van der Waals surface area contributed by atoms with Crippen molar-refractivity contribution in [1.82, 2.24) is 14.8 Å². The van der Waals surface area contributed by atoms with Gasteiger partial charge in [0.05, 0.1) is 12.1 Å². The van der Waals surface area contributed by atoms with Crippen LogP contribution in [0.3, 0.4) is 0 Å². The number of hydrogen-bond acceptors (Lipinski definition) is 6. The van der Waals surface area contributed by atoms with Gasteiger partial charge in [-0.15, -0.1) is 0 Å². The molecular weight excluding hydrogens is 419 g/mol. The van der Waals surface area contributed by atoms with Crippen LogP contribution in [-0.2, 0) is 25.6 Å². The molecule has 0 aliphatic carbocycles. The van der Waals surface area contributed by atoms with Crippen molar-refractivity contribution in [3.8, 4) is 0 Å². The summed E-state index contributed by atoms with van der Waals surface area (Å²) in [5.41, 5.74) is 1.21. The number of methoxy groups -OCH3 is 1. The summed E-state index contributed by atoms with van der Waals surface area (Å²) in [5, 5.41) is 7.12. The van der Waals surface area contributed by atoms with Gasteiger partial charge in [-0.05, 0) is 25.0 Å². The molecule has 0 aromatic carbocycles. The van der Waals surface area contributed by atoms with Gasteiger partial charge in [0.2, 0.25) is 5.91 Å². The number of aromatic nitrogens is 1. The van der Waals surface area contributed by atoms with Gasteiger partial charge in [-0.3, -0.25) is 14.7 Å². The fourth-order valence-electron chi connectivity index (χ4n) is 3.99. The van der Waals surface area contributed by atoms with Crippen molar-refractivity contribution < 1.29 is 37.3 Å². The van der Waals surface area contributed by atoms with Crippen LogP contribution in [0.5, 0.6) is 0 Å². The molecule has 174 valence electrons. The third-order valence-electron chi connectivity index (χ3n) is 5.37. The molecule has 2 fully saturated rings. The highest BCUT2D eigenvalue weighted by Crippen LogP contribution is 2.33. The van der Waals surface area contributed by atoms with Crippen LogP contribution < -0.4 is 0 Å². The molecule has 0 saturated carbocycles. The average molecular weight is 447 g/mol. The van der Waals surface area contributed by atoms with Crippen LogP contribution in [0.15, 0.2) is 24.5 Å². The van der Waals surface area contributed by atoms with Gasteiger partial charge in [0.25, 0.3) is 0 Å². The van der Waals surface area contributed by atoms with Crippen LogP contribution in [0.4, 0.5) is 13.2 Å². The van der Waals surface area contributed by atoms with Crippen molar-refractivity contribution in [2.24, 2.45) is 5.92 Å². The molecule has 11 heteroatoms. The van der Waals surface area contributed by atoms with Gasteiger partial charge < -0.3 is 19.5 Å². The molecular formula is C20H28F3N3O5. The first kappa shape index (κ1) is 25.0. The number of aliphatic carboxylic acids is 1. The number of carbonyl (C=O) groups is 2. The average Bonchev–Trinajstić information content (AvgIpc) is 3.15. The van der Waals surface area contributed by atoms with Gasteiger partial charge in [0.15, 0.2) is 0 Å². The highest BCUT2D eigenvalue weighted by molar-refractivity contribution is 5.78. The third kappa shape index (κ3) is 7.15. The van der Waals surface area contributed by atoms with E-state index in [1.165, 1.54) is 5.56 Å². The van der Waals surface area contributed by atoms with Crippen LogP contribution in [0.2, 0.25) is 0 Å². The van der Waals surface area contributed by atoms with Crippen LogP contribution in [0.25, 0.3) is 0 Å². The molecule has 0 unspecified atom stereocenters. The Labute approximate surface area is 178 Å². The van der Waals surface area contributed by atoms with Gasteiger partial charge in [0.1, 0.15) is 6.61 Å². The summed E-state index contributed by atoms with van der Waals surface area (Å²) in [6, 6.07) is 4.28. The van der Waals surface area contributed by atoms with Gasteiger partial charge in [-0.25, -0.2) is 4.79 Å². The molecule has 8 nitrogen and oxygen atoms in total. The van der Waals surface area contributed by atoms with E-state index in [-0.39, 0.29) is 24.7 Å². The Morgan fingerprint density at radius 2 is 2.03 bits per heavy atom. The number of alkyl halides is 3. The summed E-state index contributed by atoms with van der Waals surface area (Å²) in [5.74, 6) is -2.29. The van der Waals surface area contributed by atoms with Crippen LogP contribution >= 0.6 is 0 Å². The minimum Gasteiger partial charge on any atom is -0.475 e. The van der Waals surface area contributed by atoms with Crippen LogP contribution in [0.1, 0.15) is 18.9 Å². The number of carboxylic acids is 1. The van der Waals surface area contributed by atoms with E-state index in [9.17, 15) is 18.0 Å². The Morgan fingerprint density at radius 3 is 2.58 bits per heavy atom. The first-order valence-corrected chi connectivity index (χ1v) is 9.98. The molecule has 1 N–H and O–H groups in total. The zero-order valence-electron chi connectivity index (χ0n) is 17.5. The lowest BCUT2D eigenvalue weighted by molar-refractivity contribution is -0.192. The molecule has 31 heavy (non-hydrogen) atoms. The normalized spacial score (nSPS) is 23.6. The molecule has 2 aliphatic rings. The maximum absolute atomic E-state index is 12.5. The van der Waals surface area contributed by atoms with Crippen LogP contribution in [-0.4, -0.2) is 90.0 Å². The van der Waals surface area contributed by atoms with Crippen molar-refractivity contribution in [1.29, 1.82) is 0 Å². The van der Waals surface area contributed by atoms with Crippen molar-refractivity contribution >= 4 is 11.9 Å². The molecule has 3 rings (SSSR count). The smallest absolute Gasteiger partial charge is 0.475 e. The first-order chi connectivity index (χ1) is 14.7. The molecule has 0 spiro atoms. The molecule has 3 atom stereocenters. The van der Waals surface area contributed by atoms with E-state index in [0.29, 0.717) is 12.5 Å². The van der Waals surface area contributed by atoms with E-state index in [2.05, 4.69) is 16.0 Å². The number of rotatable bonds is 6. The van der Waals surface area contributed by atoms with Crippen molar-refractivity contribution in [3.63, 3.8) is 0 Å². The largest absolute Gasteiger partial charge is 0.490 e. The number of piperidine rings is 1. The molecule has 2 saturated heterocycles. The van der Waals surface area contributed by atoms with E-state index >= 15 is 0 Å². The number of pyridine rings is 1. The summed E-state index contributed by atoms with van der Waals surface area (Å²) in [6.07, 6.45) is -0.253. The topological polar surface area (TPSA) is 92.2 Å². The lowest BCUT2D eigenvalue weighted by Gasteiger charge is -2.41. The summed E-state index contributed by atoms with van der Waals surface area (Å²) in [4.78, 5) is 30.0. The predicted octanol–water partition coefficient (Wildman–Crippen LogP) is 1.80. The van der Waals surface area contributed by atoms with Gasteiger partial charge >= 0.3 is 12.1 Å². The Morgan fingerprint density at radius 1 is 1.32 bits per heavy atom. The van der Waals surface area contributed by atoms with Crippen LogP contribution in [0, 0.1) is 5.92 Å². The molecule has 3 heterocycles. The lowest BCUT2D eigenvalue weighted by Crippen LogP contribution is -2.54. The minimum atomic E-state index is -5.08. The number of amides is 1.